The molecule has 2 aliphatic heterocycles. The van der Waals surface area contributed by atoms with Crippen LogP contribution in [0.1, 0.15) is 45.4 Å². The lowest BCUT2D eigenvalue weighted by Gasteiger charge is -2.26. The van der Waals surface area contributed by atoms with Crippen molar-refractivity contribution in [3.8, 4) is 0 Å². The van der Waals surface area contributed by atoms with E-state index in [2.05, 4.69) is 16.0 Å². The summed E-state index contributed by atoms with van der Waals surface area (Å²) in [5.74, 6) is -0.773. The summed E-state index contributed by atoms with van der Waals surface area (Å²) in [5, 5.41) is 7.98. The summed E-state index contributed by atoms with van der Waals surface area (Å²) in [6.07, 6.45) is 5.88. The van der Waals surface area contributed by atoms with Crippen LogP contribution < -0.4 is 16.0 Å². The van der Waals surface area contributed by atoms with Gasteiger partial charge < -0.3 is 25.4 Å². The lowest BCUT2D eigenvalue weighted by molar-refractivity contribution is -0.131. The van der Waals surface area contributed by atoms with Crippen LogP contribution in [0, 0.1) is 5.92 Å². The molecule has 0 aromatic carbocycles. The van der Waals surface area contributed by atoms with Gasteiger partial charge in [-0.1, -0.05) is 32.1 Å². The van der Waals surface area contributed by atoms with Crippen molar-refractivity contribution >= 4 is 23.5 Å². The van der Waals surface area contributed by atoms with E-state index in [4.69, 9.17) is 9.47 Å². The summed E-state index contributed by atoms with van der Waals surface area (Å²) >= 11 is 0. The third kappa shape index (κ3) is 8.14. The second-order valence-corrected chi connectivity index (χ2v) is 8.98. The number of morpholine rings is 1. The third-order valence-corrected chi connectivity index (χ3v) is 6.29. The minimum atomic E-state index is -0.768. The van der Waals surface area contributed by atoms with Gasteiger partial charge in [0.05, 0.1) is 39.0 Å². The molecule has 3 amide bonds. The molecule has 3 aliphatic rings. The number of rotatable bonds is 11. The van der Waals surface area contributed by atoms with Gasteiger partial charge in [0.25, 0.3) is 0 Å². The predicted molar refractivity (Wildman–Crippen MR) is 116 cm³/mol. The Morgan fingerprint density at radius 1 is 1.00 bits per heavy atom. The highest BCUT2D eigenvalue weighted by molar-refractivity contribution is 5.95. The molecule has 2 heterocycles. The molecule has 3 fully saturated rings. The van der Waals surface area contributed by atoms with Crippen LogP contribution in [0.4, 0.5) is 0 Å². The van der Waals surface area contributed by atoms with Crippen LogP contribution in [0.3, 0.4) is 0 Å². The van der Waals surface area contributed by atoms with Crippen LogP contribution in [-0.2, 0) is 28.7 Å². The van der Waals surface area contributed by atoms with Gasteiger partial charge in [0.1, 0.15) is 12.1 Å². The number of ether oxygens (including phenoxy) is 2. The van der Waals surface area contributed by atoms with Crippen molar-refractivity contribution in [3.05, 3.63) is 0 Å². The lowest BCUT2D eigenvalue weighted by atomic mass is 9.83. The highest BCUT2D eigenvalue weighted by atomic mass is 16.6. The molecule has 0 aromatic rings. The van der Waals surface area contributed by atoms with Gasteiger partial charge in [0.2, 0.25) is 17.7 Å². The highest BCUT2D eigenvalue weighted by Gasteiger charge is 2.38. The first-order valence-corrected chi connectivity index (χ1v) is 11.7. The Kier molecular flexibility index (Phi) is 9.43. The largest absolute Gasteiger partial charge is 0.379 e. The van der Waals surface area contributed by atoms with Crippen molar-refractivity contribution in [2.75, 3.05) is 46.0 Å². The van der Waals surface area contributed by atoms with E-state index < -0.39 is 30.0 Å². The summed E-state index contributed by atoms with van der Waals surface area (Å²) in [7, 11) is 0. The van der Waals surface area contributed by atoms with E-state index in [-0.39, 0.29) is 24.8 Å². The van der Waals surface area contributed by atoms with Crippen molar-refractivity contribution in [3.63, 3.8) is 0 Å². The number of nitrogens with one attached hydrogen (secondary N) is 3. The van der Waals surface area contributed by atoms with Crippen LogP contribution in [-0.4, -0.2) is 92.6 Å². The van der Waals surface area contributed by atoms with Gasteiger partial charge in [0, 0.05) is 13.1 Å². The fourth-order valence-corrected chi connectivity index (χ4v) is 4.32. The number of Topliss-reactive ketones (excluding diaryl/α,β-unsaturated/α-hetero) is 1. The minimum Gasteiger partial charge on any atom is -0.379 e. The molecule has 0 spiro atoms. The Morgan fingerprint density at radius 3 is 2.34 bits per heavy atom. The molecule has 1 aliphatic carbocycles. The van der Waals surface area contributed by atoms with Crippen molar-refractivity contribution in [1.29, 1.82) is 0 Å². The van der Waals surface area contributed by atoms with Crippen molar-refractivity contribution < 1.29 is 28.7 Å². The molecule has 0 bridgehead atoms. The smallest absolute Gasteiger partial charge is 0.242 e. The van der Waals surface area contributed by atoms with Gasteiger partial charge in [-0.3, -0.25) is 24.1 Å². The maximum absolute atomic E-state index is 12.6. The molecule has 10 heteroatoms. The van der Waals surface area contributed by atoms with E-state index in [1.54, 1.807) is 6.92 Å². The van der Waals surface area contributed by atoms with Gasteiger partial charge in [-0.25, -0.2) is 0 Å². The Bertz CT molecular complexity index is 671. The molecule has 3 rings (SSSR count). The van der Waals surface area contributed by atoms with E-state index in [9.17, 15) is 19.2 Å². The Balaban J connectivity index is 1.39. The fourth-order valence-electron chi connectivity index (χ4n) is 4.32. The molecular formula is C22H36N4O6. The number of hydrogen-bond acceptors (Lipinski definition) is 7. The summed E-state index contributed by atoms with van der Waals surface area (Å²) < 4.78 is 10.4. The van der Waals surface area contributed by atoms with Gasteiger partial charge in [-0.15, -0.1) is 0 Å². The molecule has 0 aromatic heterocycles. The Hall–Kier alpha value is -2.04. The maximum atomic E-state index is 12.6. The minimum absolute atomic E-state index is 0.0843. The predicted octanol–water partition coefficient (Wildman–Crippen LogP) is -0.637. The molecule has 2 saturated heterocycles. The molecule has 32 heavy (non-hydrogen) atoms. The SMILES string of the molecule is CC(NC(=O)CN1CCOCC1)C(=O)NCC(=O)NC(CC1CCCCC1)C(=O)C1CO1. The van der Waals surface area contributed by atoms with Crippen LogP contribution in [0.2, 0.25) is 0 Å². The van der Waals surface area contributed by atoms with Gasteiger partial charge in [-0.2, -0.15) is 0 Å². The van der Waals surface area contributed by atoms with E-state index in [1.807, 2.05) is 4.90 Å². The molecule has 3 N–H and O–H groups in total. The van der Waals surface area contributed by atoms with E-state index in [0.717, 1.165) is 25.7 Å². The second kappa shape index (κ2) is 12.3. The summed E-state index contributed by atoms with van der Waals surface area (Å²) in [4.78, 5) is 51.4. The van der Waals surface area contributed by atoms with Crippen LogP contribution in [0.25, 0.3) is 0 Å². The summed E-state index contributed by atoms with van der Waals surface area (Å²) in [6.45, 7) is 4.49. The third-order valence-electron chi connectivity index (χ3n) is 6.29. The highest BCUT2D eigenvalue weighted by Crippen LogP contribution is 2.28. The summed E-state index contributed by atoms with van der Waals surface area (Å²) in [5.41, 5.74) is 0. The van der Waals surface area contributed by atoms with Crippen LogP contribution in [0.5, 0.6) is 0 Å². The van der Waals surface area contributed by atoms with Gasteiger partial charge in [-0.05, 0) is 19.3 Å². The van der Waals surface area contributed by atoms with E-state index >= 15 is 0 Å². The zero-order valence-corrected chi connectivity index (χ0v) is 18.9. The van der Waals surface area contributed by atoms with Crippen molar-refractivity contribution in [2.45, 2.75) is 63.6 Å². The molecule has 3 atom stereocenters. The number of ketones is 1. The molecule has 3 unspecified atom stereocenters. The molecule has 180 valence electrons. The first-order valence-electron chi connectivity index (χ1n) is 11.7. The quantitative estimate of drug-likeness (QED) is 0.356. The zero-order valence-electron chi connectivity index (χ0n) is 18.9. The number of amides is 3. The molecule has 10 nitrogen and oxygen atoms in total. The number of carbonyl (C=O) groups excluding carboxylic acids is 4. The van der Waals surface area contributed by atoms with Gasteiger partial charge in [0.15, 0.2) is 5.78 Å². The topological polar surface area (TPSA) is 129 Å². The number of epoxide rings is 1. The fraction of sp³-hybridized carbons (Fsp3) is 0.818. The van der Waals surface area contributed by atoms with Gasteiger partial charge >= 0.3 is 0 Å². The van der Waals surface area contributed by atoms with Crippen LogP contribution in [0.15, 0.2) is 0 Å². The number of hydrogen-bond donors (Lipinski definition) is 3. The molecule has 0 radical (unpaired) electrons. The van der Waals surface area contributed by atoms with Crippen molar-refractivity contribution in [1.82, 2.24) is 20.9 Å². The standard InChI is InChI=1S/C22H36N4O6/c1-15(24-20(28)13-26-7-9-31-10-8-26)22(30)23-12-19(27)25-17(21(29)18-14-32-18)11-16-5-3-2-4-6-16/h15-18H,2-14H2,1H3,(H,23,30)(H,24,28)(H,25,27). The molecular weight excluding hydrogens is 416 g/mol. The zero-order chi connectivity index (χ0) is 22.9. The van der Waals surface area contributed by atoms with E-state index in [0.29, 0.717) is 45.2 Å². The Labute approximate surface area is 189 Å². The average molecular weight is 453 g/mol. The second-order valence-electron chi connectivity index (χ2n) is 8.98. The number of carbonyl (C=O) groups is 4. The molecule has 1 saturated carbocycles. The normalized spacial score (nSPS) is 23.6. The lowest BCUT2D eigenvalue weighted by Crippen LogP contribution is -2.52. The monoisotopic (exact) mass is 452 g/mol. The maximum Gasteiger partial charge on any atom is 0.242 e. The number of nitrogens with zero attached hydrogens (tertiary/aromatic N) is 1. The summed E-state index contributed by atoms with van der Waals surface area (Å²) in [6, 6.07) is -1.35. The Morgan fingerprint density at radius 2 is 1.69 bits per heavy atom. The van der Waals surface area contributed by atoms with Crippen molar-refractivity contribution in [2.24, 2.45) is 5.92 Å². The van der Waals surface area contributed by atoms with E-state index in [1.165, 1.54) is 6.42 Å². The van der Waals surface area contributed by atoms with Crippen LogP contribution >= 0.6 is 0 Å². The average Bonchev–Trinajstić information content (AvgIpc) is 3.63. The first kappa shape index (κ1) is 24.6. The first-order chi connectivity index (χ1) is 15.4.